The van der Waals surface area contributed by atoms with Crippen LogP contribution in [0.1, 0.15) is 39.0 Å². The molecule has 0 N–H and O–H groups in total. The zero-order valence-corrected chi connectivity index (χ0v) is 13.5. The quantitative estimate of drug-likeness (QED) is 0.804. The van der Waals surface area contributed by atoms with Gasteiger partial charge in [0.15, 0.2) is 0 Å². The summed E-state index contributed by atoms with van der Waals surface area (Å²) in [6, 6.07) is 2.85. The molecule has 0 aliphatic carbocycles. The van der Waals surface area contributed by atoms with E-state index in [4.69, 9.17) is 0 Å². The average Bonchev–Trinajstić information content (AvgIpc) is 3.17. The van der Waals surface area contributed by atoms with Gasteiger partial charge in [-0.2, -0.15) is 5.10 Å². The molecule has 1 atom stereocenters. The summed E-state index contributed by atoms with van der Waals surface area (Å²) in [6.07, 6.45) is 10.8. The third-order valence-electron chi connectivity index (χ3n) is 5.41. The van der Waals surface area contributed by atoms with Gasteiger partial charge >= 0.3 is 0 Å². The minimum atomic E-state index is 0.829. The minimum absolute atomic E-state index is 0.829. The van der Waals surface area contributed by atoms with Crippen LogP contribution in [-0.4, -0.2) is 58.3 Å². The molecule has 0 spiro atoms. The summed E-state index contributed by atoms with van der Waals surface area (Å²) in [6.45, 7) is 9.85. The molecule has 0 saturated carbocycles. The zero-order chi connectivity index (χ0) is 14.5. The van der Waals surface area contributed by atoms with Gasteiger partial charge in [-0.3, -0.25) is 9.58 Å². The maximum Gasteiger partial charge on any atom is 0.0489 e. The van der Waals surface area contributed by atoms with Gasteiger partial charge in [0.25, 0.3) is 0 Å². The number of hydrogen-bond donors (Lipinski definition) is 0. The van der Waals surface area contributed by atoms with E-state index in [-0.39, 0.29) is 0 Å². The van der Waals surface area contributed by atoms with E-state index >= 15 is 0 Å². The van der Waals surface area contributed by atoms with Crippen molar-refractivity contribution in [3.8, 4) is 0 Å². The highest BCUT2D eigenvalue weighted by Gasteiger charge is 2.27. The van der Waals surface area contributed by atoms with Crippen molar-refractivity contribution in [2.75, 3.05) is 32.7 Å². The van der Waals surface area contributed by atoms with Gasteiger partial charge in [0, 0.05) is 31.5 Å². The van der Waals surface area contributed by atoms with Gasteiger partial charge in [-0.05, 0) is 70.3 Å². The monoisotopic (exact) mass is 290 g/mol. The van der Waals surface area contributed by atoms with Crippen LogP contribution in [0, 0.1) is 5.92 Å². The lowest BCUT2D eigenvalue weighted by molar-refractivity contribution is 0.131. The van der Waals surface area contributed by atoms with Gasteiger partial charge in [0.2, 0.25) is 0 Å². The van der Waals surface area contributed by atoms with Crippen LogP contribution < -0.4 is 0 Å². The first-order valence-corrected chi connectivity index (χ1v) is 8.79. The number of aromatic nitrogens is 2. The number of piperidine rings is 1. The molecule has 4 heteroatoms. The molecular weight excluding hydrogens is 260 g/mol. The summed E-state index contributed by atoms with van der Waals surface area (Å²) in [5.74, 6) is 0.899. The normalized spacial score (nSPS) is 25.7. The summed E-state index contributed by atoms with van der Waals surface area (Å²) in [5, 5.41) is 4.30. The fraction of sp³-hybridized carbons (Fsp3) is 0.824. The van der Waals surface area contributed by atoms with Gasteiger partial charge in [-0.25, -0.2) is 0 Å². The predicted octanol–water partition coefficient (Wildman–Crippen LogP) is 2.47. The van der Waals surface area contributed by atoms with Crippen molar-refractivity contribution in [1.82, 2.24) is 19.6 Å². The Hall–Kier alpha value is -0.870. The summed E-state index contributed by atoms with van der Waals surface area (Å²) < 4.78 is 2.07. The molecule has 0 unspecified atom stereocenters. The fourth-order valence-electron chi connectivity index (χ4n) is 4.02. The molecule has 4 nitrogen and oxygen atoms in total. The Morgan fingerprint density at radius 1 is 1.14 bits per heavy atom. The number of likely N-dealkylation sites (N-methyl/N-ethyl adjacent to an activating group) is 1. The Balaban J connectivity index is 1.37. The summed E-state index contributed by atoms with van der Waals surface area (Å²) in [5.41, 5.74) is 0. The lowest BCUT2D eigenvalue weighted by Gasteiger charge is -2.35. The Labute approximate surface area is 129 Å². The highest BCUT2D eigenvalue weighted by atomic mass is 15.3. The van der Waals surface area contributed by atoms with Crippen molar-refractivity contribution in [1.29, 1.82) is 0 Å². The molecule has 1 aromatic heterocycles. The van der Waals surface area contributed by atoms with Crippen molar-refractivity contribution in [2.45, 2.75) is 51.6 Å². The Morgan fingerprint density at radius 3 is 2.71 bits per heavy atom. The van der Waals surface area contributed by atoms with Crippen LogP contribution >= 0.6 is 0 Å². The molecule has 2 aliphatic heterocycles. The Kier molecular flexibility index (Phi) is 5.31. The molecule has 0 radical (unpaired) electrons. The second-order valence-corrected chi connectivity index (χ2v) is 6.73. The number of rotatable bonds is 6. The molecule has 118 valence electrons. The van der Waals surface area contributed by atoms with Crippen molar-refractivity contribution < 1.29 is 0 Å². The van der Waals surface area contributed by atoms with Crippen LogP contribution in [0.5, 0.6) is 0 Å². The molecule has 3 heterocycles. The van der Waals surface area contributed by atoms with Crippen molar-refractivity contribution in [3.63, 3.8) is 0 Å². The van der Waals surface area contributed by atoms with E-state index in [1.54, 1.807) is 0 Å². The molecule has 21 heavy (non-hydrogen) atoms. The van der Waals surface area contributed by atoms with Crippen LogP contribution in [0.2, 0.25) is 0 Å². The summed E-state index contributed by atoms with van der Waals surface area (Å²) in [4.78, 5) is 5.38. The van der Waals surface area contributed by atoms with Gasteiger partial charge in [-0.15, -0.1) is 0 Å². The zero-order valence-electron chi connectivity index (χ0n) is 13.5. The molecule has 3 rings (SSSR count). The van der Waals surface area contributed by atoms with E-state index in [1.165, 1.54) is 64.8 Å². The maximum atomic E-state index is 4.30. The number of nitrogens with zero attached hydrogens (tertiary/aromatic N) is 4. The molecule has 0 amide bonds. The average molecular weight is 290 g/mol. The topological polar surface area (TPSA) is 24.3 Å². The first-order chi connectivity index (χ1) is 10.3. The van der Waals surface area contributed by atoms with Gasteiger partial charge in [0.05, 0.1) is 0 Å². The van der Waals surface area contributed by atoms with Crippen molar-refractivity contribution in [2.24, 2.45) is 5.92 Å². The molecular formula is C17H30N4. The molecule has 2 fully saturated rings. The van der Waals surface area contributed by atoms with Crippen molar-refractivity contribution >= 4 is 0 Å². The number of likely N-dealkylation sites (tertiary alicyclic amines) is 2. The van der Waals surface area contributed by atoms with Crippen molar-refractivity contribution in [3.05, 3.63) is 18.5 Å². The largest absolute Gasteiger partial charge is 0.302 e. The van der Waals surface area contributed by atoms with E-state index < -0.39 is 0 Å². The second kappa shape index (κ2) is 7.41. The van der Waals surface area contributed by atoms with Crippen LogP contribution in [0.25, 0.3) is 0 Å². The van der Waals surface area contributed by atoms with Crippen LogP contribution in [0.3, 0.4) is 0 Å². The Morgan fingerprint density at radius 2 is 2.00 bits per heavy atom. The first kappa shape index (κ1) is 15.0. The fourth-order valence-corrected chi connectivity index (χ4v) is 4.02. The molecule has 1 aromatic rings. The van der Waals surface area contributed by atoms with E-state index in [1.807, 2.05) is 12.3 Å². The van der Waals surface area contributed by atoms with E-state index in [9.17, 15) is 0 Å². The summed E-state index contributed by atoms with van der Waals surface area (Å²) >= 11 is 0. The van der Waals surface area contributed by atoms with Gasteiger partial charge in [-0.1, -0.05) is 6.92 Å². The van der Waals surface area contributed by atoms with Gasteiger partial charge < -0.3 is 4.90 Å². The first-order valence-electron chi connectivity index (χ1n) is 8.79. The van der Waals surface area contributed by atoms with Crippen LogP contribution in [-0.2, 0) is 6.54 Å². The van der Waals surface area contributed by atoms with E-state index in [2.05, 4.69) is 32.7 Å². The minimum Gasteiger partial charge on any atom is -0.302 e. The highest BCUT2D eigenvalue weighted by Crippen LogP contribution is 2.24. The van der Waals surface area contributed by atoms with E-state index in [0.29, 0.717) is 0 Å². The standard InChI is InChI=1S/C17H30N4/c1-2-20-10-3-5-17(20)15-19-12-6-16(7-13-19)8-14-21-11-4-9-18-21/h4,9,11,16-17H,2-3,5-8,10,12-15H2,1H3/t17-/m1/s1. The lowest BCUT2D eigenvalue weighted by atomic mass is 9.93. The van der Waals surface area contributed by atoms with Gasteiger partial charge in [0.1, 0.15) is 0 Å². The third-order valence-corrected chi connectivity index (χ3v) is 5.41. The number of hydrogen-bond acceptors (Lipinski definition) is 3. The highest BCUT2D eigenvalue weighted by molar-refractivity contribution is 4.83. The predicted molar refractivity (Wildman–Crippen MR) is 86.3 cm³/mol. The van der Waals surface area contributed by atoms with Crippen LogP contribution in [0.15, 0.2) is 18.5 Å². The Bertz CT molecular complexity index is 395. The second-order valence-electron chi connectivity index (χ2n) is 6.73. The SMILES string of the molecule is CCN1CCC[C@@H]1CN1CCC(CCn2cccn2)CC1. The van der Waals surface area contributed by atoms with Crippen LogP contribution in [0.4, 0.5) is 0 Å². The summed E-state index contributed by atoms with van der Waals surface area (Å²) in [7, 11) is 0. The van der Waals surface area contributed by atoms with E-state index in [0.717, 1.165) is 18.5 Å². The molecule has 0 aromatic carbocycles. The smallest absolute Gasteiger partial charge is 0.0489 e. The molecule has 2 aliphatic rings. The molecule has 0 bridgehead atoms. The lowest BCUT2D eigenvalue weighted by Crippen LogP contribution is -2.43. The molecule has 2 saturated heterocycles. The third kappa shape index (κ3) is 4.07. The maximum absolute atomic E-state index is 4.30. The number of aryl methyl sites for hydroxylation is 1.